The quantitative estimate of drug-likeness (QED) is 0.692. The standard InChI is InChI=1S/C15H17Br2N3/c1-9-10(16)6-5-7-11(9)18-13-8-12(17)19-14(20-13)15(2,3)4/h5-8H,1-4H3,(H,18,19,20). The molecular weight excluding hydrogens is 382 g/mol. The number of benzene rings is 1. The number of hydrogen-bond donors (Lipinski definition) is 1. The summed E-state index contributed by atoms with van der Waals surface area (Å²) in [5, 5.41) is 3.36. The molecule has 0 spiro atoms. The number of rotatable bonds is 2. The highest BCUT2D eigenvalue weighted by Crippen LogP contribution is 2.28. The highest BCUT2D eigenvalue weighted by Gasteiger charge is 2.19. The van der Waals surface area contributed by atoms with Gasteiger partial charge in [0, 0.05) is 21.6 Å². The van der Waals surface area contributed by atoms with Crippen molar-refractivity contribution in [2.75, 3.05) is 5.32 Å². The normalized spacial score (nSPS) is 11.5. The van der Waals surface area contributed by atoms with E-state index in [1.807, 2.05) is 24.3 Å². The van der Waals surface area contributed by atoms with Crippen LogP contribution in [-0.4, -0.2) is 9.97 Å². The van der Waals surface area contributed by atoms with Crippen LogP contribution in [0.25, 0.3) is 0 Å². The van der Waals surface area contributed by atoms with Crippen LogP contribution in [0.1, 0.15) is 32.2 Å². The molecule has 0 aliphatic carbocycles. The van der Waals surface area contributed by atoms with E-state index in [1.165, 1.54) is 0 Å². The summed E-state index contributed by atoms with van der Waals surface area (Å²) in [6.07, 6.45) is 0. The fraction of sp³-hybridized carbons (Fsp3) is 0.333. The molecule has 1 N–H and O–H groups in total. The third-order valence-electron chi connectivity index (χ3n) is 2.90. The lowest BCUT2D eigenvalue weighted by Crippen LogP contribution is -2.17. The van der Waals surface area contributed by atoms with Crippen molar-refractivity contribution < 1.29 is 0 Å². The van der Waals surface area contributed by atoms with Crippen LogP contribution in [0.2, 0.25) is 0 Å². The van der Waals surface area contributed by atoms with Gasteiger partial charge >= 0.3 is 0 Å². The van der Waals surface area contributed by atoms with E-state index < -0.39 is 0 Å². The van der Waals surface area contributed by atoms with Gasteiger partial charge in [0.15, 0.2) is 0 Å². The molecule has 5 heteroatoms. The van der Waals surface area contributed by atoms with Gasteiger partial charge in [0.1, 0.15) is 16.2 Å². The summed E-state index contributed by atoms with van der Waals surface area (Å²) in [5.74, 6) is 1.60. The Morgan fingerprint density at radius 3 is 2.45 bits per heavy atom. The number of nitrogens with one attached hydrogen (secondary N) is 1. The maximum Gasteiger partial charge on any atom is 0.137 e. The Hall–Kier alpha value is -0.940. The number of nitrogens with zero attached hydrogens (tertiary/aromatic N) is 2. The first-order valence-electron chi connectivity index (χ1n) is 6.34. The molecule has 0 saturated carbocycles. The van der Waals surface area contributed by atoms with Crippen molar-refractivity contribution in [3.05, 3.63) is 44.7 Å². The molecule has 0 atom stereocenters. The van der Waals surface area contributed by atoms with E-state index in [-0.39, 0.29) is 5.41 Å². The second kappa shape index (κ2) is 5.82. The van der Waals surface area contributed by atoms with Gasteiger partial charge in [-0.1, -0.05) is 42.8 Å². The third kappa shape index (κ3) is 3.58. The molecule has 0 aliphatic rings. The van der Waals surface area contributed by atoms with E-state index in [0.29, 0.717) is 0 Å². The maximum absolute atomic E-state index is 4.60. The lowest BCUT2D eigenvalue weighted by molar-refractivity contribution is 0.544. The fourth-order valence-corrected chi connectivity index (χ4v) is 2.45. The van der Waals surface area contributed by atoms with Crippen molar-refractivity contribution in [1.29, 1.82) is 0 Å². The predicted octanol–water partition coefficient (Wildman–Crippen LogP) is 5.35. The molecule has 0 amide bonds. The minimum atomic E-state index is -0.0907. The molecule has 0 aliphatic heterocycles. The smallest absolute Gasteiger partial charge is 0.137 e. The van der Waals surface area contributed by atoms with Gasteiger partial charge in [-0.2, -0.15) is 0 Å². The van der Waals surface area contributed by atoms with Gasteiger partial charge in [0.25, 0.3) is 0 Å². The Kier molecular flexibility index (Phi) is 4.49. The monoisotopic (exact) mass is 397 g/mol. The molecule has 3 nitrogen and oxygen atoms in total. The van der Waals surface area contributed by atoms with Crippen molar-refractivity contribution in [2.24, 2.45) is 0 Å². The molecule has 1 aromatic carbocycles. The Balaban J connectivity index is 2.39. The van der Waals surface area contributed by atoms with Gasteiger partial charge in [-0.3, -0.25) is 0 Å². The van der Waals surface area contributed by atoms with Gasteiger partial charge in [0.2, 0.25) is 0 Å². The predicted molar refractivity (Wildman–Crippen MR) is 90.6 cm³/mol. The van der Waals surface area contributed by atoms with Crippen molar-refractivity contribution in [3.63, 3.8) is 0 Å². The molecule has 0 saturated heterocycles. The first-order valence-corrected chi connectivity index (χ1v) is 7.93. The van der Waals surface area contributed by atoms with Crippen LogP contribution in [-0.2, 0) is 5.41 Å². The number of aromatic nitrogens is 2. The average Bonchev–Trinajstić information content (AvgIpc) is 2.33. The minimum Gasteiger partial charge on any atom is -0.340 e. The number of anilines is 2. The van der Waals surface area contributed by atoms with Gasteiger partial charge in [-0.25, -0.2) is 9.97 Å². The maximum atomic E-state index is 4.60. The van der Waals surface area contributed by atoms with Crippen LogP contribution in [0.4, 0.5) is 11.5 Å². The molecule has 106 valence electrons. The summed E-state index contributed by atoms with van der Waals surface area (Å²) < 4.78 is 1.86. The minimum absolute atomic E-state index is 0.0907. The van der Waals surface area contributed by atoms with Gasteiger partial charge in [-0.05, 0) is 40.5 Å². The van der Waals surface area contributed by atoms with Crippen LogP contribution in [0.5, 0.6) is 0 Å². The van der Waals surface area contributed by atoms with Crippen molar-refractivity contribution in [1.82, 2.24) is 9.97 Å². The molecular formula is C15H17Br2N3. The van der Waals surface area contributed by atoms with E-state index in [4.69, 9.17) is 0 Å². The Morgan fingerprint density at radius 1 is 1.10 bits per heavy atom. The largest absolute Gasteiger partial charge is 0.340 e. The van der Waals surface area contributed by atoms with Crippen LogP contribution >= 0.6 is 31.9 Å². The zero-order chi connectivity index (χ0) is 14.9. The zero-order valence-electron chi connectivity index (χ0n) is 12.0. The lowest BCUT2D eigenvalue weighted by atomic mass is 9.96. The SMILES string of the molecule is Cc1c(Br)cccc1Nc1cc(Br)nc(C(C)(C)C)n1. The fourth-order valence-electron chi connectivity index (χ4n) is 1.70. The summed E-state index contributed by atoms with van der Waals surface area (Å²) in [4.78, 5) is 9.05. The lowest BCUT2D eigenvalue weighted by Gasteiger charge is -2.18. The second-order valence-corrected chi connectivity index (χ2v) is 7.35. The van der Waals surface area contributed by atoms with E-state index in [1.54, 1.807) is 0 Å². The van der Waals surface area contributed by atoms with Crippen molar-refractivity contribution in [3.8, 4) is 0 Å². The first-order chi connectivity index (χ1) is 9.27. The molecule has 0 unspecified atom stereocenters. The first kappa shape index (κ1) is 15.4. The van der Waals surface area contributed by atoms with Crippen LogP contribution < -0.4 is 5.32 Å². The molecule has 0 fully saturated rings. The average molecular weight is 399 g/mol. The summed E-state index contributed by atoms with van der Waals surface area (Å²) >= 11 is 6.99. The van der Waals surface area contributed by atoms with Crippen LogP contribution in [0, 0.1) is 6.92 Å². The van der Waals surface area contributed by atoms with E-state index >= 15 is 0 Å². The summed E-state index contributed by atoms with van der Waals surface area (Å²) in [6.45, 7) is 8.36. The topological polar surface area (TPSA) is 37.8 Å². The second-order valence-electron chi connectivity index (χ2n) is 5.69. The van der Waals surface area contributed by atoms with Crippen LogP contribution in [0.3, 0.4) is 0 Å². The third-order valence-corrected chi connectivity index (χ3v) is 4.16. The molecule has 0 bridgehead atoms. The van der Waals surface area contributed by atoms with Gasteiger partial charge in [0.05, 0.1) is 0 Å². The molecule has 0 radical (unpaired) electrons. The Labute approximate surface area is 136 Å². The van der Waals surface area contributed by atoms with E-state index in [9.17, 15) is 0 Å². The molecule has 20 heavy (non-hydrogen) atoms. The van der Waals surface area contributed by atoms with Crippen molar-refractivity contribution in [2.45, 2.75) is 33.1 Å². The zero-order valence-corrected chi connectivity index (χ0v) is 15.1. The van der Waals surface area contributed by atoms with E-state index in [0.717, 1.165) is 32.0 Å². The number of halogens is 2. The summed E-state index contributed by atoms with van der Waals surface area (Å²) in [7, 11) is 0. The summed E-state index contributed by atoms with van der Waals surface area (Å²) in [6, 6.07) is 7.94. The molecule has 2 aromatic rings. The highest BCUT2D eigenvalue weighted by atomic mass is 79.9. The van der Waals surface area contributed by atoms with Gasteiger partial charge in [-0.15, -0.1) is 0 Å². The Bertz CT molecular complexity index is 634. The Morgan fingerprint density at radius 2 is 1.80 bits per heavy atom. The molecule has 1 aromatic heterocycles. The van der Waals surface area contributed by atoms with Crippen molar-refractivity contribution >= 4 is 43.4 Å². The summed E-state index contributed by atoms with van der Waals surface area (Å²) in [5.41, 5.74) is 2.09. The molecule has 1 heterocycles. The highest BCUT2D eigenvalue weighted by molar-refractivity contribution is 9.10. The van der Waals surface area contributed by atoms with Gasteiger partial charge < -0.3 is 5.32 Å². The van der Waals surface area contributed by atoms with Crippen LogP contribution in [0.15, 0.2) is 33.3 Å². The molecule has 2 rings (SSSR count). The number of hydrogen-bond acceptors (Lipinski definition) is 3. The van der Waals surface area contributed by atoms with E-state index in [2.05, 4.69) is 74.8 Å².